The quantitative estimate of drug-likeness (QED) is 0.262. The van der Waals surface area contributed by atoms with Crippen molar-refractivity contribution in [2.45, 2.75) is 76.7 Å². The molecule has 4 nitrogen and oxygen atoms in total. The van der Waals surface area contributed by atoms with Crippen molar-refractivity contribution in [2.75, 3.05) is 7.11 Å². The van der Waals surface area contributed by atoms with Crippen LogP contribution in [-0.4, -0.2) is 30.8 Å². The molecule has 0 aromatic heterocycles. The summed E-state index contributed by atoms with van der Waals surface area (Å²) in [5.41, 5.74) is 1.96. The molecule has 1 saturated carbocycles. The van der Waals surface area contributed by atoms with E-state index < -0.39 is 42.8 Å². The number of alkyl halides is 3. The summed E-state index contributed by atoms with van der Waals surface area (Å²) in [7, 11) is 1.18. The first-order chi connectivity index (χ1) is 18.5. The second-order valence-corrected chi connectivity index (χ2v) is 10.9. The predicted molar refractivity (Wildman–Crippen MR) is 140 cm³/mol. The smallest absolute Gasteiger partial charge is 0.308 e. The molecule has 2 aliphatic rings. The summed E-state index contributed by atoms with van der Waals surface area (Å²) < 4.78 is 67.4. The van der Waals surface area contributed by atoms with Crippen molar-refractivity contribution < 1.29 is 36.9 Å². The average molecular weight is 547 g/mol. The molecule has 210 valence electrons. The van der Waals surface area contributed by atoms with Crippen molar-refractivity contribution in [1.29, 1.82) is 0 Å². The highest BCUT2D eigenvalue weighted by Gasteiger charge is 2.38. The van der Waals surface area contributed by atoms with Crippen LogP contribution in [0.2, 0.25) is 0 Å². The highest BCUT2D eigenvalue weighted by atomic mass is 19.3. The molecule has 2 aromatic rings. The highest BCUT2D eigenvalue weighted by molar-refractivity contribution is 5.70. The fourth-order valence-electron chi connectivity index (χ4n) is 5.72. The Hall–Kier alpha value is -3.13. The van der Waals surface area contributed by atoms with E-state index in [2.05, 4.69) is 18.6 Å². The van der Waals surface area contributed by atoms with E-state index in [0.717, 1.165) is 36.5 Å². The molecule has 8 heteroatoms. The van der Waals surface area contributed by atoms with Crippen LogP contribution in [-0.2, 0) is 16.1 Å². The minimum atomic E-state index is -2.69. The number of hydrogen-bond donors (Lipinski definition) is 1. The first kappa shape index (κ1) is 28.9. The Labute approximate surface area is 226 Å². The molecule has 2 aromatic carbocycles. The second kappa shape index (κ2) is 11.9. The lowest BCUT2D eigenvalue weighted by Crippen LogP contribution is -2.22. The lowest BCUT2D eigenvalue weighted by molar-refractivity contribution is -0.142. The molecule has 0 heterocycles. The number of benzene rings is 2. The number of rotatable bonds is 9. The van der Waals surface area contributed by atoms with Crippen molar-refractivity contribution in [1.82, 2.24) is 0 Å². The summed E-state index contributed by atoms with van der Waals surface area (Å²) in [4.78, 5) is 11.5. The molecule has 0 amide bonds. The predicted octanol–water partition coefficient (Wildman–Crippen LogP) is 7.48. The van der Waals surface area contributed by atoms with Crippen LogP contribution >= 0.6 is 0 Å². The van der Waals surface area contributed by atoms with Gasteiger partial charge in [0.05, 0.1) is 19.6 Å². The lowest BCUT2D eigenvalue weighted by Gasteiger charge is -2.32. The third-order valence-electron chi connectivity index (χ3n) is 7.92. The average Bonchev–Trinajstić information content (AvgIpc) is 3.26. The molecular weight excluding hydrogens is 512 g/mol. The maximum Gasteiger partial charge on any atom is 0.308 e. The zero-order chi connectivity index (χ0) is 28.3. The Morgan fingerprint density at radius 3 is 2.62 bits per heavy atom. The molecule has 4 rings (SSSR count). The first-order valence-corrected chi connectivity index (χ1v) is 13.1. The molecular formula is C31H34F4O4. The van der Waals surface area contributed by atoms with Crippen LogP contribution in [0.5, 0.6) is 5.75 Å². The molecule has 39 heavy (non-hydrogen) atoms. The molecule has 2 unspecified atom stereocenters. The van der Waals surface area contributed by atoms with Crippen molar-refractivity contribution in [2.24, 2.45) is 5.41 Å². The number of hydrogen-bond acceptors (Lipinski definition) is 4. The number of aliphatic hydroxyl groups excluding tert-OH is 1. The summed E-state index contributed by atoms with van der Waals surface area (Å²) in [5, 5.41) is 10.3. The number of aliphatic hydroxyl groups is 1. The van der Waals surface area contributed by atoms with Crippen molar-refractivity contribution in [3.05, 3.63) is 88.3 Å². The molecule has 0 bridgehead atoms. The van der Waals surface area contributed by atoms with E-state index in [1.54, 1.807) is 12.1 Å². The lowest BCUT2D eigenvalue weighted by atomic mass is 9.73. The summed E-state index contributed by atoms with van der Waals surface area (Å²) >= 11 is 0. The van der Waals surface area contributed by atoms with Gasteiger partial charge in [0.2, 0.25) is 0 Å². The number of esters is 1. The first-order valence-electron chi connectivity index (χ1n) is 13.1. The van der Waals surface area contributed by atoms with Crippen LogP contribution in [0.25, 0.3) is 0 Å². The van der Waals surface area contributed by atoms with Crippen LogP contribution < -0.4 is 4.74 Å². The summed E-state index contributed by atoms with van der Waals surface area (Å²) in [6.45, 7) is 4.31. The van der Waals surface area contributed by atoms with Crippen LogP contribution in [0.15, 0.2) is 60.2 Å². The maximum atomic E-state index is 15.1. The van der Waals surface area contributed by atoms with E-state index in [0.29, 0.717) is 5.56 Å². The Kier molecular flexibility index (Phi) is 8.84. The number of carbonyl (C=O) groups excluding carboxylic acids is 1. The third kappa shape index (κ3) is 6.38. The molecule has 1 fully saturated rings. The minimum Gasteiger partial charge on any atom is -0.486 e. The van der Waals surface area contributed by atoms with Crippen LogP contribution in [0.1, 0.15) is 79.7 Å². The van der Waals surface area contributed by atoms with Crippen molar-refractivity contribution in [3.8, 4) is 5.75 Å². The van der Waals surface area contributed by atoms with Gasteiger partial charge in [0, 0.05) is 17.1 Å². The standard InChI is InChI=1S/C31H34F4O4/c1-31(2)13-5-7-24(31)22-14-18(9-11-20(22)23-15-19(30(34)35)10-12-25(23)32)17-39-27-8-4-6-21(29(27)33)26(36)16-28(37)38-3/h4,6,8-12,14-15,23-26,30,36H,5,7,13,16-17H2,1-3H3/t23?,24-,25?,26-/m1/s1. The maximum absolute atomic E-state index is 15.1. The second-order valence-electron chi connectivity index (χ2n) is 10.9. The largest absolute Gasteiger partial charge is 0.486 e. The zero-order valence-corrected chi connectivity index (χ0v) is 22.3. The fraction of sp³-hybridized carbons (Fsp3) is 0.452. The Balaban J connectivity index is 1.63. The third-order valence-corrected chi connectivity index (χ3v) is 7.92. The van der Waals surface area contributed by atoms with Gasteiger partial charge in [0.1, 0.15) is 12.8 Å². The summed E-state index contributed by atoms with van der Waals surface area (Å²) in [5.74, 6) is -2.26. The van der Waals surface area contributed by atoms with Gasteiger partial charge in [0.15, 0.2) is 11.6 Å². The van der Waals surface area contributed by atoms with Gasteiger partial charge >= 0.3 is 5.97 Å². The Morgan fingerprint density at radius 2 is 1.95 bits per heavy atom. The molecule has 1 N–H and O–H groups in total. The molecule has 2 aliphatic carbocycles. The van der Waals surface area contributed by atoms with Crippen LogP contribution in [0.4, 0.5) is 17.6 Å². The van der Waals surface area contributed by atoms with Gasteiger partial charge in [-0.3, -0.25) is 4.79 Å². The normalized spacial score (nSPS) is 23.0. The minimum absolute atomic E-state index is 0.00432. The van der Waals surface area contributed by atoms with E-state index in [4.69, 9.17) is 4.74 Å². The number of halogens is 4. The van der Waals surface area contributed by atoms with Gasteiger partial charge < -0.3 is 14.6 Å². The van der Waals surface area contributed by atoms with Crippen molar-refractivity contribution in [3.63, 3.8) is 0 Å². The van der Waals surface area contributed by atoms with Gasteiger partial charge in [-0.1, -0.05) is 62.8 Å². The van der Waals surface area contributed by atoms with E-state index in [1.165, 1.54) is 37.5 Å². The van der Waals surface area contributed by atoms with Gasteiger partial charge in [-0.15, -0.1) is 0 Å². The van der Waals surface area contributed by atoms with E-state index in [-0.39, 0.29) is 34.8 Å². The van der Waals surface area contributed by atoms with Crippen molar-refractivity contribution >= 4 is 5.97 Å². The fourth-order valence-corrected chi connectivity index (χ4v) is 5.72. The van der Waals surface area contributed by atoms with Gasteiger partial charge in [0.25, 0.3) is 6.43 Å². The van der Waals surface area contributed by atoms with E-state index in [9.17, 15) is 18.7 Å². The topological polar surface area (TPSA) is 55.8 Å². The summed E-state index contributed by atoms with van der Waals surface area (Å²) in [6, 6.07) is 9.76. The number of ether oxygens (including phenoxy) is 2. The highest BCUT2D eigenvalue weighted by Crippen LogP contribution is 2.51. The molecule has 0 spiro atoms. The Bertz CT molecular complexity index is 1250. The van der Waals surface area contributed by atoms with E-state index in [1.807, 2.05) is 6.07 Å². The van der Waals surface area contributed by atoms with Gasteiger partial charge in [-0.2, -0.15) is 0 Å². The molecule has 0 radical (unpaired) electrons. The molecule has 4 atom stereocenters. The van der Waals surface area contributed by atoms with Crippen LogP contribution in [0.3, 0.4) is 0 Å². The number of methoxy groups -OCH3 is 1. The molecule has 0 saturated heterocycles. The van der Waals surface area contributed by atoms with Crippen LogP contribution in [0, 0.1) is 11.2 Å². The van der Waals surface area contributed by atoms with Gasteiger partial charge in [-0.05, 0) is 53.0 Å². The Morgan fingerprint density at radius 1 is 1.18 bits per heavy atom. The van der Waals surface area contributed by atoms with Gasteiger partial charge in [-0.25, -0.2) is 17.6 Å². The zero-order valence-electron chi connectivity index (χ0n) is 22.3. The SMILES string of the molecule is COC(=O)C[C@@H](O)c1cccc(OCc2ccc(C3C=C(C(F)F)C=CC3F)c([C@H]3CCCC3(C)C)c2)c1F. The number of allylic oxidation sites excluding steroid dienone is 4. The molecule has 0 aliphatic heterocycles. The number of carbonyl (C=O) groups is 1. The van der Waals surface area contributed by atoms with E-state index >= 15 is 8.78 Å². The monoisotopic (exact) mass is 546 g/mol. The summed E-state index contributed by atoms with van der Waals surface area (Å²) in [6.07, 6.45) is 0.661.